The first-order valence-electron chi connectivity index (χ1n) is 8.86. The van der Waals surface area contributed by atoms with Crippen LogP contribution in [0.4, 0.5) is 13.2 Å². The summed E-state index contributed by atoms with van der Waals surface area (Å²) in [6.45, 7) is 0.327. The van der Waals surface area contributed by atoms with Gasteiger partial charge in [0, 0.05) is 18.5 Å². The van der Waals surface area contributed by atoms with Crippen molar-refractivity contribution in [3.63, 3.8) is 0 Å². The van der Waals surface area contributed by atoms with Gasteiger partial charge in [-0.15, -0.1) is 0 Å². The number of nitrogens with zero attached hydrogens (tertiary/aromatic N) is 3. The van der Waals surface area contributed by atoms with Crippen molar-refractivity contribution in [3.8, 4) is 34.3 Å². The summed E-state index contributed by atoms with van der Waals surface area (Å²) in [6.07, 6.45) is -2.46. The number of aromatic hydroxyl groups is 1. The molecule has 0 aliphatic heterocycles. The molecule has 0 atom stereocenters. The molecule has 0 unspecified atom stereocenters. The normalized spacial score (nSPS) is 11.4. The zero-order valence-electron chi connectivity index (χ0n) is 15.4. The zero-order valence-corrected chi connectivity index (χ0v) is 15.4. The van der Waals surface area contributed by atoms with Crippen LogP contribution in [-0.2, 0) is 12.8 Å². The maximum atomic E-state index is 13.2. The molecule has 6 nitrogen and oxygen atoms in total. The monoisotopic (exact) mass is 412 g/mol. The third-order valence-corrected chi connectivity index (χ3v) is 4.33. The lowest BCUT2D eigenvalue weighted by Crippen LogP contribution is -2.07. The fraction of sp³-hybridized carbons (Fsp3) is 0.0952. The fourth-order valence-electron chi connectivity index (χ4n) is 2.86. The third-order valence-electron chi connectivity index (χ3n) is 4.33. The molecular weight excluding hydrogens is 397 g/mol. The van der Waals surface area contributed by atoms with Crippen LogP contribution in [0.5, 0.6) is 11.5 Å². The van der Waals surface area contributed by atoms with Crippen molar-refractivity contribution < 1.29 is 23.0 Å². The van der Waals surface area contributed by atoms with Gasteiger partial charge in [-0.05, 0) is 23.8 Å². The minimum atomic E-state index is -4.57. The Morgan fingerprint density at radius 2 is 1.80 bits per heavy atom. The molecule has 2 heterocycles. The Morgan fingerprint density at radius 3 is 2.53 bits per heavy atom. The number of H-pyrrole nitrogens is 1. The molecule has 0 saturated heterocycles. The number of rotatable bonds is 5. The van der Waals surface area contributed by atoms with Gasteiger partial charge in [0.1, 0.15) is 18.1 Å². The molecule has 0 spiro atoms. The second-order valence-electron chi connectivity index (χ2n) is 6.38. The summed E-state index contributed by atoms with van der Waals surface area (Å²) < 4.78 is 45.3. The number of hydrogen-bond donors (Lipinski definition) is 2. The van der Waals surface area contributed by atoms with Crippen LogP contribution in [0.15, 0.2) is 67.0 Å². The highest BCUT2D eigenvalue weighted by Gasteiger charge is 2.34. The topological polar surface area (TPSA) is 83.9 Å². The fourth-order valence-corrected chi connectivity index (χ4v) is 2.86. The van der Waals surface area contributed by atoms with Crippen LogP contribution in [0, 0.1) is 0 Å². The van der Waals surface area contributed by atoms with E-state index in [4.69, 9.17) is 4.74 Å². The highest BCUT2D eigenvalue weighted by atomic mass is 19.4. The molecule has 0 bridgehead atoms. The van der Waals surface area contributed by atoms with Crippen molar-refractivity contribution in [1.82, 2.24) is 20.2 Å². The van der Waals surface area contributed by atoms with Gasteiger partial charge in [-0.1, -0.05) is 30.3 Å². The third kappa shape index (κ3) is 4.09. The smallest absolute Gasteiger partial charge is 0.417 e. The minimum Gasteiger partial charge on any atom is -0.507 e. The number of benzene rings is 2. The Kier molecular flexibility index (Phi) is 5.09. The van der Waals surface area contributed by atoms with Crippen molar-refractivity contribution in [1.29, 1.82) is 0 Å². The van der Waals surface area contributed by atoms with E-state index in [0.29, 0.717) is 12.4 Å². The van der Waals surface area contributed by atoms with Crippen molar-refractivity contribution in [2.24, 2.45) is 0 Å². The first-order valence-corrected chi connectivity index (χ1v) is 8.86. The van der Waals surface area contributed by atoms with Gasteiger partial charge in [-0.2, -0.15) is 18.3 Å². The average molecular weight is 412 g/mol. The number of aromatic amines is 1. The Morgan fingerprint density at radius 1 is 1.00 bits per heavy atom. The van der Waals surface area contributed by atoms with E-state index in [0.717, 1.165) is 24.0 Å². The highest BCUT2D eigenvalue weighted by molar-refractivity contribution is 5.68. The lowest BCUT2D eigenvalue weighted by molar-refractivity contribution is -0.137. The molecule has 9 heteroatoms. The van der Waals surface area contributed by atoms with E-state index in [1.165, 1.54) is 6.07 Å². The zero-order chi connectivity index (χ0) is 21.1. The van der Waals surface area contributed by atoms with E-state index in [1.807, 2.05) is 30.3 Å². The first kappa shape index (κ1) is 19.4. The van der Waals surface area contributed by atoms with Gasteiger partial charge in [0.15, 0.2) is 11.6 Å². The molecular formula is C21H15F3N4O2. The Hall–Kier alpha value is -3.88. The van der Waals surface area contributed by atoms with Crippen LogP contribution in [-0.4, -0.2) is 25.3 Å². The Bertz CT molecular complexity index is 1160. The number of alkyl halides is 3. The number of phenolic OH excluding ortho intramolecular Hbond substituents is 1. The van der Waals surface area contributed by atoms with Gasteiger partial charge < -0.3 is 9.84 Å². The summed E-state index contributed by atoms with van der Waals surface area (Å²) in [4.78, 5) is 7.83. The molecule has 2 aromatic carbocycles. The van der Waals surface area contributed by atoms with Crippen LogP contribution in [0.2, 0.25) is 0 Å². The second-order valence-corrected chi connectivity index (χ2v) is 6.38. The highest BCUT2D eigenvalue weighted by Crippen LogP contribution is 2.36. The Labute approximate surface area is 169 Å². The lowest BCUT2D eigenvalue weighted by Gasteiger charge is -2.09. The van der Waals surface area contributed by atoms with Crippen LogP contribution < -0.4 is 4.74 Å². The summed E-state index contributed by atoms with van der Waals surface area (Å²) in [5.41, 5.74) is 0.0999. The van der Waals surface area contributed by atoms with Gasteiger partial charge in [0.2, 0.25) is 0 Å². The van der Waals surface area contributed by atoms with Gasteiger partial charge in [0.05, 0.1) is 16.7 Å². The lowest BCUT2D eigenvalue weighted by atomic mass is 10.1. The number of hydrogen-bond acceptors (Lipinski definition) is 5. The summed E-state index contributed by atoms with van der Waals surface area (Å²) in [5.74, 6) is 0.236. The van der Waals surface area contributed by atoms with Crippen LogP contribution in [0.3, 0.4) is 0 Å². The maximum absolute atomic E-state index is 13.2. The molecule has 4 aromatic rings. The first-order chi connectivity index (χ1) is 14.4. The van der Waals surface area contributed by atoms with Crippen molar-refractivity contribution in [2.75, 3.05) is 0 Å². The number of ether oxygens (including phenoxy) is 1. The largest absolute Gasteiger partial charge is 0.507 e. The van der Waals surface area contributed by atoms with Gasteiger partial charge in [-0.25, -0.2) is 4.98 Å². The molecule has 30 heavy (non-hydrogen) atoms. The second kappa shape index (κ2) is 7.86. The summed E-state index contributed by atoms with van der Waals surface area (Å²) in [5, 5.41) is 16.8. The predicted octanol–water partition coefficient (Wildman–Crippen LogP) is 4.84. The molecule has 0 aliphatic rings. The van der Waals surface area contributed by atoms with Gasteiger partial charge >= 0.3 is 6.18 Å². The van der Waals surface area contributed by atoms with E-state index in [1.54, 1.807) is 12.1 Å². The molecule has 0 fully saturated rings. The van der Waals surface area contributed by atoms with Crippen LogP contribution in [0.1, 0.15) is 11.1 Å². The van der Waals surface area contributed by atoms with Crippen LogP contribution in [0.25, 0.3) is 22.8 Å². The van der Waals surface area contributed by atoms with E-state index in [9.17, 15) is 18.3 Å². The number of aromatic nitrogens is 4. The molecule has 0 aliphatic carbocycles. The molecule has 152 valence electrons. The van der Waals surface area contributed by atoms with Gasteiger partial charge in [-0.3, -0.25) is 10.1 Å². The number of nitrogens with one attached hydrogen (secondary N) is 1. The molecule has 0 saturated carbocycles. The predicted molar refractivity (Wildman–Crippen MR) is 102 cm³/mol. The summed E-state index contributed by atoms with van der Waals surface area (Å²) in [6, 6.07) is 15.0. The SMILES string of the molecule is Oc1cc(OCc2ccccc2)ccc1-c1nc(-c2cnccc2C(F)(F)F)n[nH]1. The van der Waals surface area contributed by atoms with Crippen molar-refractivity contribution in [2.45, 2.75) is 12.8 Å². The minimum absolute atomic E-state index is 0.120. The number of pyridine rings is 1. The maximum Gasteiger partial charge on any atom is 0.417 e. The number of halogens is 3. The molecule has 2 N–H and O–H groups in total. The summed E-state index contributed by atoms with van der Waals surface area (Å²) in [7, 11) is 0. The van der Waals surface area contributed by atoms with E-state index in [2.05, 4.69) is 20.2 Å². The molecule has 4 rings (SSSR count). The van der Waals surface area contributed by atoms with E-state index in [-0.39, 0.29) is 28.5 Å². The van der Waals surface area contributed by atoms with E-state index < -0.39 is 11.7 Å². The van der Waals surface area contributed by atoms with Crippen molar-refractivity contribution >= 4 is 0 Å². The standard InChI is InChI=1S/C21H15F3N4O2/c22-21(23,24)17-8-9-25-11-16(17)20-26-19(27-28-20)15-7-6-14(10-18(15)29)30-12-13-4-2-1-3-5-13/h1-11,29H,12H2,(H,26,27,28). The van der Waals surface area contributed by atoms with Crippen LogP contribution >= 0.6 is 0 Å². The molecule has 0 amide bonds. The van der Waals surface area contributed by atoms with Crippen molar-refractivity contribution in [3.05, 3.63) is 78.1 Å². The summed E-state index contributed by atoms with van der Waals surface area (Å²) >= 11 is 0. The molecule has 2 aromatic heterocycles. The van der Waals surface area contributed by atoms with Gasteiger partial charge in [0.25, 0.3) is 0 Å². The average Bonchev–Trinajstić information content (AvgIpc) is 3.22. The quantitative estimate of drug-likeness (QED) is 0.490. The molecule has 0 radical (unpaired) electrons. The van der Waals surface area contributed by atoms with E-state index >= 15 is 0 Å². The number of phenols is 1. The Balaban J connectivity index is 1.57.